The number of carbonyl (C=O) groups is 1. The number of nitro groups is 1. The van der Waals surface area contributed by atoms with E-state index in [0.717, 1.165) is 12.8 Å². The summed E-state index contributed by atoms with van der Waals surface area (Å²) < 4.78 is 0.702. The van der Waals surface area contributed by atoms with Gasteiger partial charge >= 0.3 is 11.7 Å². The molecule has 1 heterocycles. The average Bonchev–Trinajstić information content (AvgIpc) is 2.90. The average molecular weight is 309 g/mol. The van der Waals surface area contributed by atoms with E-state index in [2.05, 4.69) is 10.3 Å². The molecular formula is C13H15N3O4S. The topological polar surface area (TPSA) is 105 Å². The maximum absolute atomic E-state index is 11.3. The molecular weight excluding hydrogens is 294 g/mol. The number of hydrogen-bond acceptors (Lipinski definition) is 6. The first-order valence-electron chi connectivity index (χ1n) is 6.54. The van der Waals surface area contributed by atoms with Crippen molar-refractivity contribution in [2.24, 2.45) is 0 Å². The Bertz CT molecular complexity index is 670. The minimum absolute atomic E-state index is 0.170. The summed E-state index contributed by atoms with van der Waals surface area (Å²) in [5, 5.41) is 23.3. The molecule has 0 aliphatic heterocycles. The Kier molecular flexibility index (Phi) is 4.69. The highest BCUT2D eigenvalue weighted by Crippen LogP contribution is 2.34. The molecule has 0 saturated carbocycles. The fourth-order valence-electron chi connectivity index (χ4n) is 2.07. The van der Waals surface area contributed by atoms with Gasteiger partial charge in [0.25, 0.3) is 0 Å². The quantitative estimate of drug-likeness (QED) is 0.600. The molecule has 0 bridgehead atoms. The summed E-state index contributed by atoms with van der Waals surface area (Å²) in [6, 6.07) is 2.40. The number of carboxylic acids is 1. The Morgan fingerprint density at radius 2 is 2.33 bits per heavy atom. The lowest BCUT2D eigenvalue weighted by molar-refractivity contribution is -0.382. The van der Waals surface area contributed by atoms with E-state index < -0.39 is 16.9 Å². The lowest BCUT2D eigenvalue weighted by Crippen LogP contribution is -2.29. The summed E-state index contributed by atoms with van der Waals surface area (Å²) in [6.45, 7) is 1.96. The van der Waals surface area contributed by atoms with Crippen LogP contribution in [0.5, 0.6) is 0 Å². The van der Waals surface area contributed by atoms with E-state index in [0.29, 0.717) is 11.1 Å². The van der Waals surface area contributed by atoms with Crippen molar-refractivity contribution in [2.45, 2.75) is 32.2 Å². The van der Waals surface area contributed by atoms with E-state index in [4.69, 9.17) is 0 Å². The van der Waals surface area contributed by atoms with Crippen LogP contribution in [-0.4, -0.2) is 27.0 Å². The first-order valence-corrected chi connectivity index (χ1v) is 7.42. The van der Waals surface area contributed by atoms with E-state index in [1.165, 1.54) is 16.8 Å². The van der Waals surface area contributed by atoms with Crippen molar-refractivity contribution in [1.82, 2.24) is 4.98 Å². The fraction of sp³-hybridized carbons (Fsp3) is 0.385. The highest BCUT2D eigenvalue weighted by molar-refractivity contribution is 7.16. The summed E-state index contributed by atoms with van der Waals surface area (Å²) in [5.74, 6) is -1.02. The number of nitro benzene ring substituents is 1. The summed E-state index contributed by atoms with van der Waals surface area (Å²) in [5.41, 5.74) is 1.85. The molecule has 0 saturated heterocycles. The maximum atomic E-state index is 11.3. The number of benzene rings is 1. The van der Waals surface area contributed by atoms with Gasteiger partial charge in [0, 0.05) is 0 Å². The third-order valence-corrected chi connectivity index (χ3v) is 3.93. The van der Waals surface area contributed by atoms with Gasteiger partial charge in [-0.3, -0.25) is 10.1 Å². The number of aliphatic carboxylic acids is 1. The first kappa shape index (κ1) is 15.2. The van der Waals surface area contributed by atoms with Crippen molar-refractivity contribution in [1.29, 1.82) is 0 Å². The third-order valence-electron chi connectivity index (χ3n) is 3.13. The minimum atomic E-state index is -1.02. The number of hydrogen-bond donors (Lipinski definition) is 2. The van der Waals surface area contributed by atoms with E-state index in [-0.39, 0.29) is 16.9 Å². The molecule has 2 aromatic rings. The summed E-state index contributed by atoms with van der Waals surface area (Å²) in [7, 11) is 0. The lowest BCUT2D eigenvalue weighted by atomic mass is 10.1. The molecule has 1 aromatic heterocycles. The second kappa shape index (κ2) is 6.49. The van der Waals surface area contributed by atoms with Crippen molar-refractivity contribution in [3.8, 4) is 0 Å². The van der Waals surface area contributed by atoms with Gasteiger partial charge in [-0.25, -0.2) is 9.78 Å². The summed E-state index contributed by atoms with van der Waals surface area (Å²) in [6.07, 6.45) is 2.01. The van der Waals surface area contributed by atoms with Gasteiger partial charge in [-0.1, -0.05) is 19.8 Å². The van der Waals surface area contributed by atoms with Crippen LogP contribution in [0.4, 0.5) is 11.4 Å². The molecule has 1 unspecified atom stereocenters. The van der Waals surface area contributed by atoms with Gasteiger partial charge in [-0.2, -0.15) is 0 Å². The van der Waals surface area contributed by atoms with Crippen molar-refractivity contribution in [3.05, 3.63) is 27.8 Å². The predicted molar refractivity (Wildman–Crippen MR) is 80.8 cm³/mol. The summed E-state index contributed by atoms with van der Waals surface area (Å²) in [4.78, 5) is 26.0. The van der Waals surface area contributed by atoms with Crippen molar-refractivity contribution >= 4 is 38.9 Å². The van der Waals surface area contributed by atoms with Crippen LogP contribution >= 0.6 is 11.3 Å². The van der Waals surface area contributed by atoms with Crippen LogP contribution in [0.1, 0.15) is 26.2 Å². The molecule has 112 valence electrons. The van der Waals surface area contributed by atoms with Crippen LogP contribution in [0.3, 0.4) is 0 Å². The molecule has 2 rings (SSSR count). The minimum Gasteiger partial charge on any atom is -0.480 e. The standard InChI is InChI=1S/C13H15N3O4S/c1-2-3-4-9(13(17)18)15-8-5-6-10-11(14-7-21-10)12(8)16(19)20/h5-7,9,15H,2-4H2,1H3,(H,17,18). The van der Waals surface area contributed by atoms with Crippen molar-refractivity contribution < 1.29 is 14.8 Å². The molecule has 0 aliphatic carbocycles. The number of aromatic nitrogens is 1. The van der Waals surface area contributed by atoms with Gasteiger partial charge in [0.1, 0.15) is 11.7 Å². The first-order chi connectivity index (χ1) is 10.0. The number of rotatable bonds is 7. The van der Waals surface area contributed by atoms with Gasteiger partial charge in [-0.05, 0) is 18.6 Å². The Morgan fingerprint density at radius 3 is 2.95 bits per heavy atom. The Labute approximate surface area is 124 Å². The van der Waals surface area contributed by atoms with Gasteiger partial charge in [-0.15, -0.1) is 11.3 Å². The SMILES string of the molecule is CCCCC(Nc1ccc2scnc2c1[N+](=O)[O-])C(=O)O. The lowest BCUT2D eigenvalue weighted by Gasteiger charge is -2.15. The van der Waals surface area contributed by atoms with E-state index in [1.54, 1.807) is 12.1 Å². The molecule has 2 N–H and O–H groups in total. The molecule has 21 heavy (non-hydrogen) atoms. The number of fused-ring (bicyclic) bond motifs is 1. The zero-order valence-electron chi connectivity index (χ0n) is 11.4. The fourth-order valence-corrected chi connectivity index (χ4v) is 2.75. The second-order valence-electron chi connectivity index (χ2n) is 4.60. The highest BCUT2D eigenvalue weighted by Gasteiger charge is 2.25. The maximum Gasteiger partial charge on any atom is 0.326 e. The second-order valence-corrected chi connectivity index (χ2v) is 5.48. The molecule has 0 amide bonds. The largest absolute Gasteiger partial charge is 0.480 e. The summed E-state index contributed by atoms with van der Waals surface area (Å²) >= 11 is 1.31. The smallest absolute Gasteiger partial charge is 0.326 e. The molecule has 7 nitrogen and oxygen atoms in total. The predicted octanol–water partition coefficient (Wildman–Crippen LogP) is 3.26. The molecule has 0 spiro atoms. The Morgan fingerprint density at radius 1 is 1.57 bits per heavy atom. The van der Waals surface area contributed by atoms with Gasteiger partial charge in [0.2, 0.25) is 0 Å². The monoisotopic (exact) mass is 309 g/mol. The number of unbranched alkanes of at least 4 members (excludes halogenated alkanes) is 1. The van der Waals surface area contributed by atoms with Crippen molar-refractivity contribution in [2.75, 3.05) is 5.32 Å². The van der Waals surface area contributed by atoms with Gasteiger partial charge in [0.05, 0.1) is 15.1 Å². The molecule has 0 aliphatic rings. The highest BCUT2D eigenvalue weighted by atomic mass is 32.1. The number of carboxylic acid groups (broad SMARTS) is 1. The van der Waals surface area contributed by atoms with E-state index in [9.17, 15) is 20.0 Å². The van der Waals surface area contributed by atoms with Crippen LogP contribution in [-0.2, 0) is 4.79 Å². The van der Waals surface area contributed by atoms with Crippen LogP contribution < -0.4 is 5.32 Å². The normalized spacial score (nSPS) is 12.2. The van der Waals surface area contributed by atoms with Crippen LogP contribution in [0, 0.1) is 10.1 Å². The number of nitrogens with zero attached hydrogens (tertiary/aromatic N) is 2. The Balaban J connectivity index is 2.38. The number of anilines is 1. The number of thiazole rings is 1. The zero-order chi connectivity index (χ0) is 15.4. The zero-order valence-corrected chi connectivity index (χ0v) is 12.2. The Hall–Kier alpha value is -2.22. The van der Waals surface area contributed by atoms with Crippen LogP contribution in [0.25, 0.3) is 10.2 Å². The van der Waals surface area contributed by atoms with Gasteiger partial charge in [0.15, 0.2) is 5.52 Å². The molecule has 1 aromatic carbocycles. The molecule has 0 radical (unpaired) electrons. The molecule has 1 atom stereocenters. The molecule has 0 fully saturated rings. The van der Waals surface area contributed by atoms with E-state index >= 15 is 0 Å². The van der Waals surface area contributed by atoms with Gasteiger partial charge < -0.3 is 10.4 Å². The molecule has 8 heteroatoms. The van der Waals surface area contributed by atoms with Crippen molar-refractivity contribution in [3.63, 3.8) is 0 Å². The third kappa shape index (κ3) is 3.27. The number of nitrogens with one attached hydrogen (secondary N) is 1. The van der Waals surface area contributed by atoms with Crippen LogP contribution in [0.15, 0.2) is 17.6 Å². The van der Waals surface area contributed by atoms with Crippen LogP contribution in [0.2, 0.25) is 0 Å². The van der Waals surface area contributed by atoms with E-state index in [1.807, 2.05) is 6.92 Å².